The number of carbonyl (C=O) groups excluding carboxylic acids is 1. The van der Waals surface area contributed by atoms with E-state index in [1.807, 2.05) is 0 Å². The van der Waals surface area contributed by atoms with Crippen molar-refractivity contribution in [3.05, 3.63) is 40.3 Å². The minimum Gasteiger partial charge on any atom is -0.462 e. The van der Waals surface area contributed by atoms with E-state index in [2.05, 4.69) is 9.97 Å². The lowest BCUT2D eigenvalue weighted by atomic mass is 9.99. The summed E-state index contributed by atoms with van der Waals surface area (Å²) < 4.78 is 84.1. The molecule has 0 spiro atoms. The van der Waals surface area contributed by atoms with Crippen LogP contribution >= 0.6 is 11.3 Å². The Hall–Kier alpha value is -2.89. The third kappa shape index (κ3) is 4.11. The molecule has 0 fully saturated rings. The molecule has 29 heavy (non-hydrogen) atoms. The van der Waals surface area contributed by atoms with E-state index in [0.717, 1.165) is 11.3 Å². The van der Waals surface area contributed by atoms with Gasteiger partial charge >= 0.3 is 18.3 Å². The number of anilines is 1. The summed E-state index contributed by atoms with van der Waals surface area (Å²) in [5.74, 6) is -1.11. The monoisotopic (exact) mass is 435 g/mol. The van der Waals surface area contributed by atoms with Crippen molar-refractivity contribution in [2.75, 3.05) is 12.3 Å². The van der Waals surface area contributed by atoms with Crippen LogP contribution in [0.2, 0.25) is 0 Å². The second-order valence-corrected chi connectivity index (χ2v) is 6.77. The molecule has 0 saturated carbocycles. The maximum absolute atomic E-state index is 13.5. The fourth-order valence-corrected chi connectivity index (χ4v) is 3.54. The first-order valence-electron chi connectivity index (χ1n) is 7.94. The van der Waals surface area contributed by atoms with Crippen LogP contribution in [0.25, 0.3) is 21.5 Å². The Morgan fingerprint density at radius 3 is 2.38 bits per heavy atom. The summed E-state index contributed by atoms with van der Waals surface area (Å²) in [6, 6.07) is 2.44. The van der Waals surface area contributed by atoms with Crippen molar-refractivity contribution in [1.29, 1.82) is 0 Å². The Bertz CT molecular complexity index is 1090. The van der Waals surface area contributed by atoms with Gasteiger partial charge in [-0.25, -0.2) is 14.8 Å². The van der Waals surface area contributed by atoms with E-state index in [9.17, 15) is 31.1 Å². The Balaban J connectivity index is 2.28. The number of rotatable bonds is 3. The quantitative estimate of drug-likeness (QED) is 0.455. The third-order valence-corrected chi connectivity index (χ3v) is 4.80. The number of alkyl halides is 6. The van der Waals surface area contributed by atoms with Crippen LogP contribution in [0.1, 0.15) is 27.7 Å². The number of hydrogen-bond acceptors (Lipinski definition) is 6. The number of carbonyl (C=O) groups is 1. The number of aromatic nitrogens is 2. The number of hydrogen-bond donors (Lipinski definition) is 1. The Morgan fingerprint density at radius 2 is 1.79 bits per heavy atom. The van der Waals surface area contributed by atoms with E-state index in [-0.39, 0.29) is 33.5 Å². The predicted molar refractivity (Wildman–Crippen MR) is 93.2 cm³/mol. The minimum absolute atomic E-state index is 0.0120. The molecule has 1 aromatic carbocycles. The molecule has 3 aromatic rings. The molecule has 0 aliphatic carbocycles. The van der Waals surface area contributed by atoms with Crippen molar-refractivity contribution in [3.63, 3.8) is 0 Å². The molecule has 2 aromatic heterocycles. The van der Waals surface area contributed by atoms with Crippen LogP contribution in [0.3, 0.4) is 0 Å². The van der Waals surface area contributed by atoms with Crippen LogP contribution in [0.5, 0.6) is 0 Å². The molecule has 0 unspecified atom stereocenters. The molecule has 2 heterocycles. The number of nitrogens with two attached hydrogens (primary N) is 1. The van der Waals surface area contributed by atoms with Gasteiger partial charge in [0.15, 0.2) is 0 Å². The topological polar surface area (TPSA) is 78.1 Å². The highest BCUT2D eigenvalue weighted by molar-refractivity contribution is 7.20. The van der Waals surface area contributed by atoms with Gasteiger partial charge in [-0.05, 0) is 25.1 Å². The van der Waals surface area contributed by atoms with Crippen molar-refractivity contribution < 1.29 is 35.9 Å². The SMILES string of the molecule is CCOC(=O)c1cc2c(-c3ccc(C(F)(F)F)cc3C(F)(F)F)nc(N)nc2s1. The summed E-state index contributed by atoms with van der Waals surface area (Å²) in [6.45, 7) is 1.65. The van der Waals surface area contributed by atoms with E-state index in [4.69, 9.17) is 10.5 Å². The molecule has 3 rings (SSSR count). The first kappa shape index (κ1) is 20.8. The lowest BCUT2D eigenvalue weighted by Crippen LogP contribution is -2.12. The highest BCUT2D eigenvalue weighted by Gasteiger charge is 2.39. The number of halogens is 6. The van der Waals surface area contributed by atoms with Gasteiger partial charge in [0.1, 0.15) is 9.71 Å². The molecular weight excluding hydrogens is 424 g/mol. The molecule has 0 radical (unpaired) electrons. The number of fused-ring (bicyclic) bond motifs is 1. The van der Waals surface area contributed by atoms with Gasteiger partial charge in [-0.3, -0.25) is 0 Å². The molecule has 0 saturated heterocycles. The first-order chi connectivity index (χ1) is 13.4. The molecule has 0 bridgehead atoms. The highest BCUT2D eigenvalue weighted by Crippen LogP contribution is 2.43. The molecular formula is C17H11F6N3O2S. The normalized spacial score (nSPS) is 12.4. The average Bonchev–Trinajstić information content (AvgIpc) is 3.03. The lowest BCUT2D eigenvalue weighted by molar-refractivity contribution is -0.142. The van der Waals surface area contributed by atoms with Gasteiger partial charge in [-0.1, -0.05) is 6.07 Å². The number of esters is 1. The fourth-order valence-electron chi connectivity index (χ4n) is 2.61. The van der Waals surface area contributed by atoms with Crippen molar-refractivity contribution in [1.82, 2.24) is 9.97 Å². The van der Waals surface area contributed by atoms with Crippen molar-refractivity contribution in [2.45, 2.75) is 19.3 Å². The molecule has 0 aliphatic rings. The molecule has 0 aliphatic heterocycles. The molecule has 0 amide bonds. The van der Waals surface area contributed by atoms with Gasteiger partial charge < -0.3 is 10.5 Å². The van der Waals surface area contributed by atoms with E-state index in [1.54, 1.807) is 6.92 Å². The Morgan fingerprint density at radius 1 is 1.10 bits per heavy atom. The zero-order valence-corrected chi connectivity index (χ0v) is 15.3. The zero-order valence-electron chi connectivity index (χ0n) is 14.5. The minimum atomic E-state index is -5.09. The highest BCUT2D eigenvalue weighted by atomic mass is 32.1. The number of nitrogen functional groups attached to an aromatic ring is 1. The van der Waals surface area contributed by atoms with Gasteiger partial charge in [0, 0.05) is 10.9 Å². The van der Waals surface area contributed by atoms with Gasteiger partial charge in [-0.15, -0.1) is 11.3 Å². The van der Waals surface area contributed by atoms with E-state index in [1.165, 1.54) is 6.07 Å². The number of benzene rings is 1. The van der Waals surface area contributed by atoms with Crippen LogP contribution in [-0.4, -0.2) is 22.5 Å². The van der Waals surface area contributed by atoms with Crippen LogP contribution in [-0.2, 0) is 17.1 Å². The fraction of sp³-hybridized carbons (Fsp3) is 0.235. The summed E-state index contributed by atoms with van der Waals surface area (Å²) in [4.78, 5) is 19.8. The number of nitrogens with zero attached hydrogens (tertiary/aromatic N) is 2. The maximum atomic E-state index is 13.5. The second-order valence-electron chi connectivity index (χ2n) is 5.74. The van der Waals surface area contributed by atoms with Gasteiger partial charge in [0.2, 0.25) is 5.95 Å². The Kier molecular flexibility index (Phi) is 5.15. The van der Waals surface area contributed by atoms with Gasteiger partial charge in [-0.2, -0.15) is 26.3 Å². The Labute approximate surface area is 163 Å². The molecule has 2 N–H and O–H groups in total. The average molecular weight is 435 g/mol. The van der Waals surface area contributed by atoms with Crippen molar-refractivity contribution in [3.8, 4) is 11.3 Å². The third-order valence-electron chi connectivity index (χ3n) is 3.79. The van der Waals surface area contributed by atoms with Gasteiger partial charge in [0.05, 0.1) is 23.4 Å². The standard InChI is InChI=1S/C17H11F6N3O2S/c1-2-28-14(27)11-6-9-12(25-15(24)26-13(9)29-11)8-4-3-7(16(18,19)20)5-10(8)17(21,22)23/h3-6H,2H2,1H3,(H2,24,25,26). The molecule has 5 nitrogen and oxygen atoms in total. The number of thiophene rings is 1. The maximum Gasteiger partial charge on any atom is 0.417 e. The van der Waals surface area contributed by atoms with Crippen molar-refractivity contribution in [2.24, 2.45) is 0 Å². The second kappa shape index (κ2) is 7.17. The smallest absolute Gasteiger partial charge is 0.417 e. The summed E-state index contributed by atoms with van der Waals surface area (Å²) in [5.41, 5.74) is 1.64. The molecule has 154 valence electrons. The summed E-state index contributed by atoms with van der Waals surface area (Å²) in [6.07, 6.45) is -10.1. The largest absolute Gasteiger partial charge is 0.462 e. The van der Waals surface area contributed by atoms with Crippen LogP contribution in [0.4, 0.5) is 32.3 Å². The van der Waals surface area contributed by atoms with E-state index < -0.39 is 41.0 Å². The lowest BCUT2D eigenvalue weighted by Gasteiger charge is -2.16. The van der Waals surface area contributed by atoms with Crippen LogP contribution in [0.15, 0.2) is 24.3 Å². The molecule has 0 atom stereocenters. The summed E-state index contributed by atoms with van der Waals surface area (Å²) in [5, 5.41) is 0.0394. The zero-order chi connectivity index (χ0) is 21.6. The summed E-state index contributed by atoms with van der Waals surface area (Å²) >= 11 is 0.822. The van der Waals surface area contributed by atoms with E-state index in [0.29, 0.717) is 12.1 Å². The van der Waals surface area contributed by atoms with Crippen molar-refractivity contribution >= 4 is 33.5 Å². The predicted octanol–water partition coefficient (Wildman–Crippen LogP) is 5.15. The molecule has 12 heteroatoms. The van der Waals surface area contributed by atoms with Gasteiger partial charge in [0.25, 0.3) is 0 Å². The number of ether oxygens (including phenoxy) is 1. The summed E-state index contributed by atoms with van der Waals surface area (Å²) in [7, 11) is 0. The first-order valence-corrected chi connectivity index (χ1v) is 8.76. The van der Waals surface area contributed by atoms with Crippen LogP contribution < -0.4 is 5.73 Å². The van der Waals surface area contributed by atoms with Crippen LogP contribution in [0, 0.1) is 0 Å². The van der Waals surface area contributed by atoms with E-state index >= 15 is 0 Å².